The second-order valence-electron chi connectivity index (χ2n) is 5.69. The molecule has 128 valence electrons. The molecule has 0 saturated heterocycles. The van der Waals surface area contributed by atoms with E-state index in [0.717, 1.165) is 11.8 Å². The van der Waals surface area contributed by atoms with Gasteiger partial charge in [-0.2, -0.15) is 0 Å². The molecule has 2 rings (SSSR count). The summed E-state index contributed by atoms with van der Waals surface area (Å²) in [6, 6.07) is 9.13. The highest BCUT2D eigenvalue weighted by molar-refractivity contribution is 7.99. The summed E-state index contributed by atoms with van der Waals surface area (Å²) in [7, 11) is 0. The van der Waals surface area contributed by atoms with Crippen LogP contribution in [0.2, 0.25) is 0 Å². The van der Waals surface area contributed by atoms with E-state index in [1.807, 2.05) is 0 Å². The van der Waals surface area contributed by atoms with Crippen molar-refractivity contribution in [1.82, 2.24) is 0 Å². The number of carbonyl (C=O) groups excluding carboxylic acids is 2. The van der Waals surface area contributed by atoms with Crippen molar-refractivity contribution in [3.05, 3.63) is 71.8 Å². The van der Waals surface area contributed by atoms with Gasteiger partial charge < -0.3 is 10.2 Å². The Morgan fingerprint density at radius 1 is 0.800 bits per heavy atom. The second-order valence-corrected chi connectivity index (χ2v) is 6.77. The van der Waals surface area contributed by atoms with Gasteiger partial charge in [0.15, 0.2) is 11.6 Å². The van der Waals surface area contributed by atoms with Crippen LogP contribution in [0.5, 0.6) is 11.5 Å². The van der Waals surface area contributed by atoms with Crippen molar-refractivity contribution in [3.63, 3.8) is 0 Å². The summed E-state index contributed by atoms with van der Waals surface area (Å²) in [4.78, 5) is 24.7. The molecule has 5 heteroatoms. The molecule has 2 aromatic carbocycles. The predicted octanol–water partition coefficient (Wildman–Crippen LogP) is 4.77. The van der Waals surface area contributed by atoms with Gasteiger partial charge in [0.1, 0.15) is 11.5 Å². The van der Waals surface area contributed by atoms with Crippen LogP contribution in [0, 0.1) is 0 Å². The van der Waals surface area contributed by atoms with Crippen LogP contribution >= 0.6 is 11.8 Å². The van der Waals surface area contributed by atoms with Crippen LogP contribution in [-0.4, -0.2) is 21.8 Å². The van der Waals surface area contributed by atoms with Gasteiger partial charge >= 0.3 is 0 Å². The molecule has 0 radical (unpaired) electrons. The first kappa shape index (κ1) is 18.5. The highest BCUT2D eigenvalue weighted by Gasteiger charge is 2.14. The average Bonchev–Trinajstić information content (AvgIpc) is 2.56. The van der Waals surface area contributed by atoms with Gasteiger partial charge in [-0.1, -0.05) is 24.9 Å². The molecule has 25 heavy (non-hydrogen) atoms. The molecule has 0 fully saturated rings. The molecule has 0 bridgehead atoms. The van der Waals surface area contributed by atoms with Gasteiger partial charge in [-0.3, -0.25) is 9.59 Å². The minimum atomic E-state index is -0.239. The maximum atomic E-state index is 11.9. The lowest BCUT2D eigenvalue weighted by molar-refractivity contribution is 0.102. The van der Waals surface area contributed by atoms with E-state index in [1.165, 1.54) is 12.1 Å². The van der Waals surface area contributed by atoms with Gasteiger partial charge in [0.05, 0.1) is 9.79 Å². The molecule has 0 spiro atoms. The van der Waals surface area contributed by atoms with E-state index in [0.29, 0.717) is 32.1 Å². The first-order valence-electron chi connectivity index (χ1n) is 7.45. The Kier molecular flexibility index (Phi) is 5.49. The maximum absolute atomic E-state index is 11.9. The molecular formula is C20H18O4S. The highest BCUT2D eigenvalue weighted by atomic mass is 32.2. The van der Waals surface area contributed by atoms with Gasteiger partial charge in [0.2, 0.25) is 0 Å². The van der Waals surface area contributed by atoms with Crippen LogP contribution in [0.25, 0.3) is 0 Å². The Balaban J connectivity index is 2.28. The number of hydrogen-bond donors (Lipinski definition) is 2. The lowest BCUT2D eigenvalue weighted by Gasteiger charge is -2.09. The largest absolute Gasteiger partial charge is 0.507 e. The molecule has 0 atom stereocenters. The van der Waals surface area contributed by atoms with Crippen LogP contribution in [0.3, 0.4) is 0 Å². The number of carbonyl (C=O) groups is 2. The molecule has 2 N–H and O–H groups in total. The Morgan fingerprint density at radius 3 is 1.44 bits per heavy atom. The molecule has 0 unspecified atom stereocenters. The molecule has 0 saturated carbocycles. The van der Waals surface area contributed by atoms with Crippen LogP contribution in [0.1, 0.15) is 34.6 Å². The molecule has 0 aliphatic heterocycles. The fourth-order valence-corrected chi connectivity index (χ4v) is 2.94. The maximum Gasteiger partial charge on any atom is 0.188 e. The zero-order valence-corrected chi connectivity index (χ0v) is 14.8. The zero-order valence-electron chi connectivity index (χ0n) is 14.0. The Labute approximate surface area is 150 Å². The normalized spacial score (nSPS) is 10.3. The summed E-state index contributed by atoms with van der Waals surface area (Å²) < 4.78 is 0. The molecule has 4 nitrogen and oxygen atoms in total. The third-order valence-electron chi connectivity index (χ3n) is 3.44. The standard InChI is InChI=1S/C20H18O4S/c1-11(2)19(23)13-5-7-17(15(21)9-13)25-18-8-6-14(10-16(18)22)20(24)12(3)4/h5-10,21-22H,1,3H2,2,4H3. The lowest BCUT2D eigenvalue weighted by Crippen LogP contribution is -1.99. The van der Waals surface area contributed by atoms with Crippen molar-refractivity contribution in [3.8, 4) is 11.5 Å². The van der Waals surface area contributed by atoms with E-state index >= 15 is 0 Å². The lowest BCUT2D eigenvalue weighted by atomic mass is 10.1. The number of allylic oxidation sites excluding steroid dienone is 2. The highest BCUT2D eigenvalue weighted by Crippen LogP contribution is 2.39. The number of hydrogen-bond acceptors (Lipinski definition) is 5. The van der Waals surface area contributed by atoms with E-state index in [9.17, 15) is 19.8 Å². The Bertz CT molecular complexity index is 823. The first-order chi connectivity index (χ1) is 11.7. The predicted molar refractivity (Wildman–Crippen MR) is 98.6 cm³/mol. The summed E-state index contributed by atoms with van der Waals surface area (Å²) in [5, 5.41) is 20.3. The van der Waals surface area contributed by atoms with Crippen molar-refractivity contribution < 1.29 is 19.8 Å². The average molecular weight is 354 g/mol. The quantitative estimate of drug-likeness (QED) is 0.577. The molecule has 0 aliphatic carbocycles. The number of Topliss-reactive ketones (excluding diaryl/α,β-unsaturated/α-hetero) is 2. The summed E-state index contributed by atoms with van der Waals surface area (Å²) >= 11 is 1.13. The fourth-order valence-electron chi connectivity index (χ4n) is 2.10. The molecule has 0 heterocycles. The third kappa shape index (κ3) is 4.19. The molecule has 0 amide bonds. The van der Waals surface area contributed by atoms with Crippen LogP contribution < -0.4 is 0 Å². The molecule has 2 aromatic rings. The topological polar surface area (TPSA) is 74.6 Å². The van der Waals surface area contributed by atoms with Crippen LogP contribution in [0.15, 0.2) is 70.5 Å². The number of aromatic hydroxyl groups is 2. The summed E-state index contributed by atoms with van der Waals surface area (Å²) in [6.45, 7) is 10.4. The molecule has 0 aromatic heterocycles. The van der Waals surface area contributed by atoms with Crippen molar-refractivity contribution in [2.75, 3.05) is 0 Å². The monoisotopic (exact) mass is 354 g/mol. The van der Waals surface area contributed by atoms with Gasteiger partial charge in [0.25, 0.3) is 0 Å². The number of rotatable bonds is 6. The smallest absolute Gasteiger partial charge is 0.188 e. The minimum Gasteiger partial charge on any atom is -0.507 e. The van der Waals surface area contributed by atoms with E-state index in [4.69, 9.17) is 0 Å². The van der Waals surface area contributed by atoms with Crippen molar-refractivity contribution in [2.24, 2.45) is 0 Å². The number of benzene rings is 2. The SMILES string of the molecule is C=C(C)C(=O)c1ccc(Sc2ccc(C(=O)C(=C)C)cc2O)c(O)c1. The molecule has 0 aliphatic rings. The van der Waals surface area contributed by atoms with Crippen molar-refractivity contribution >= 4 is 23.3 Å². The van der Waals surface area contributed by atoms with Gasteiger partial charge in [-0.05, 0) is 61.4 Å². The van der Waals surface area contributed by atoms with E-state index in [-0.39, 0.29) is 23.1 Å². The Morgan fingerprint density at radius 2 is 1.16 bits per heavy atom. The summed E-state index contributed by atoms with van der Waals surface area (Å²) in [6.07, 6.45) is 0. The third-order valence-corrected chi connectivity index (χ3v) is 4.57. The zero-order chi connectivity index (χ0) is 18.7. The fraction of sp³-hybridized carbons (Fsp3) is 0.100. The van der Waals surface area contributed by atoms with Gasteiger partial charge in [-0.25, -0.2) is 0 Å². The number of phenols is 2. The van der Waals surface area contributed by atoms with E-state index in [2.05, 4.69) is 13.2 Å². The van der Waals surface area contributed by atoms with Gasteiger partial charge in [-0.15, -0.1) is 0 Å². The molecular weight excluding hydrogens is 336 g/mol. The summed E-state index contributed by atoms with van der Waals surface area (Å²) in [5.74, 6) is -0.619. The number of ketones is 2. The second kappa shape index (κ2) is 7.40. The van der Waals surface area contributed by atoms with E-state index < -0.39 is 0 Å². The minimum absolute atomic E-state index is 0.0708. The van der Waals surface area contributed by atoms with Crippen molar-refractivity contribution in [2.45, 2.75) is 23.6 Å². The van der Waals surface area contributed by atoms with Crippen LogP contribution in [0.4, 0.5) is 0 Å². The Hall–Kier alpha value is -2.79. The first-order valence-corrected chi connectivity index (χ1v) is 8.26. The summed E-state index contributed by atoms with van der Waals surface area (Å²) in [5.41, 5.74) is 1.47. The van der Waals surface area contributed by atoms with Crippen LogP contribution in [-0.2, 0) is 0 Å². The van der Waals surface area contributed by atoms with Gasteiger partial charge in [0, 0.05) is 11.1 Å². The van der Waals surface area contributed by atoms with E-state index in [1.54, 1.807) is 38.1 Å². The van der Waals surface area contributed by atoms with Crippen molar-refractivity contribution in [1.29, 1.82) is 0 Å². The number of phenolic OH excluding ortho intramolecular Hbond substituents is 2.